The maximum absolute atomic E-state index is 12.8. The largest absolute Gasteiger partial charge is 0.454 e. The van der Waals surface area contributed by atoms with E-state index in [1.807, 2.05) is 51.1 Å². The lowest BCUT2D eigenvalue weighted by Gasteiger charge is -2.15. The molecule has 3 aromatic rings. The number of ether oxygens (including phenoxy) is 2. The van der Waals surface area contributed by atoms with Gasteiger partial charge < -0.3 is 14.0 Å². The van der Waals surface area contributed by atoms with Crippen LogP contribution in [0.2, 0.25) is 0 Å². The van der Waals surface area contributed by atoms with Gasteiger partial charge in [0, 0.05) is 35.5 Å². The smallest absolute Gasteiger partial charge is 0.340 e. The van der Waals surface area contributed by atoms with Gasteiger partial charge in [-0.05, 0) is 58.2 Å². The van der Waals surface area contributed by atoms with Crippen molar-refractivity contribution in [2.75, 3.05) is 13.2 Å². The molecule has 1 aliphatic heterocycles. The fourth-order valence-electron chi connectivity index (χ4n) is 4.47. The zero-order valence-corrected chi connectivity index (χ0v) is 18.5. The number of fused-ring (bicyclic) bond motifs is 1. The average molecular weight is 421 g/mol. The van der Waals surface area contributed by atoms with Crippen molar-refractivity contribution in [3.63, 3.8) is 0 Å². The van der Waals surface area contributed by atoms with E-state index in [0.29, 0.717) is 16.8 Å². The number of benzene rings is 1. The topological polar surface area (TPSA) is 70.4 Å². The Morgan fingerprint density at radius 2 is 1.97 bits per heavy atom. The second-order valence-corrected chi connectivity index (χ2v) is 8.24. The highest BCUT2D eigenvalue weighted by molar-refractivity contribution is 6.02. The minimum atomic E-state index is -0.519. The number of aryl methyl sites for hydroxylation is 3. The number of rotatable bonds is 6. The van der Waals surface area contributed by atoms with Crippen LogP contribution >= 0.6 is 0 Å². The van der Waals surface area contributed by atoms with Gasteiger partial charge in [0.15, 0.2) is 6.61 Å². The molecular weight excluding hydrogens is 392 g/mol. The van der Waals surface area contributed by atoms with Crippen molar-refractivity contribution in [3.05, 3.63) is 64.1 Å². The standard InChI is InChI=1S/C25H28N2O4/c1-15-12-21(18(4)27(15)13-19-8-7-11-30-19)23(28)14-31-25(29)24-16(2)20-9-5-6-10-22(20)26-17(24)3/h5-6,9-10,12,19H,7-8,11,13-14H2,1-4H3/t19-/m1/s1. The molecule has 1 saturated heterocycles. The molecule has 0 unspecified atom stereocenters. The second-order valence-electron chi connectivity index (χ2n) is 8.24. The highest BCUT2D eigenvalue weighted by Gasteiger charge is 2.23. The van der Waals surface area contributed by atoms with Crippen LogP contribution in [0.3, 0.4) is 0 Å². The van der Waals surface area contributed by atoms with E-state index in [9.17, 15) is 9.59 Å². The van der Waals surface area contributed by atoms with Crippen LogP contribution in [0.25, 0.3) is 10.9 Å². The van der Waals surface area contributed by atoms with Gasteiger partial charge in [0.1, 0.15) is 0 Å². The molecule has 1 aliphatic rings. The van der Waals surface area contributed by atoms with Crippen molar-refractivity contribution in [3.8, 4) is 0 Å². The van der Waals surface area contributed by atoms with E-state index in [-0.39, 0.29) is 18.5 Å². The first-order chi connectivity index (χ1) is 14.9. The molecule has 0 saturated carbocycles. The first kappa shape index (κ1) is 21.2. The molecule has 6 nitrogen and oxygen atoms in total. The molecule has 6 heteroatoms. The van der Waals surface area contributed by atoms with Crippen molar-refractivity contribution < 1.29 is 19.1 Å². The number of para-hydroxylation sites is 1. The van der Waals surface area contributed by atoms with Gasteiger partial charge in [0.05, 0.1) is 22.9 Å². The minimum Gasteiger partial charge on any atom is -0.454 e. The van der Waals surface area contributed by atoms with Crippen LogP contribution in [-0.2, 0) is 16.0 Å². The summed E-state index contributed by atoms with van der Waals surface area (Å²) in [6.45, 7) is 8.83. The number of nitrogens with zero attached hydrogens (tertiary/aromatic N) is 2. The summed E-state index contributed by atoms with van der Waals surface area (Å²) in [7, 11) is 0. The first-order valence-electron chi connectivity index (χ1n) is 10.7. The van der Waals surface area contributed by atoms with Crippen LogP contribution in [0.15, 0.2) is 30.3 Å². The van der Waals surface area contributed by atoms with Gasteiger partial charge in [0.2, 0.25) is 5.78 Å². The number of hydrogen-bond acceptors (Lipinski definition) is 5. The maximum atomic E-state index is 12.8. The van der Waals surface area contributed by atoms with Crippen molar-refractivity contribution in [1.82, 2.24) is 9.55 Å². The van der Waals surface area contributed by atoms with Crippen LogP contribution in [0.4, 0.5) is 0 Å². The summed E-state index contributed by atoms with van der Waals surface area (Å²) < 4.78 is 13.3. The molecule has 0 amide bonds. The molecule has 3 heterocycles. The Bertz CT molecular complexity index is 1160. The number of carbonyl (C=O) groups excluding carboxylic acids is 2. The van der Waals surface area contributed by atoms with Crippen LogP contribution in [0, 0.1) is 27.7 Å². The van der Waals surface area contributed by atoms with Gasteiger partial charge in [-0.25, -0.2) is 4.79 Å². The van der Waals surface area contributed by atoms with Crippen molar-refractivity contribution >= 4 is 22.7 Å². The lowest BCUT2D eigenvalue weighted by molar-refractivity contribution is 0.0472. The molecule has 1 aromatic carbocycles. The zero-order chi connectivity index (χ0) is 22.1. The van der Waals surface area contributed by atoms with Gasteiger partial charge in [0.25, 0.3) is 0 Å². The quantitative estimate of drug-likeness (QED) is 0.434. The Morgan fingerprint density at radius 1 is 1.19 bits per heavy atom. The van der Waals surface area contributed by atoms with Crippen molar-refractivity contribution in [2.24, 2.45) is 0 Å². The predicted octanol–water partition coefficient (Wildman–Crippen LogP) is 4.49. The lowest BCUT2D eigenvalue weighted by Crippen LogP contribution is -2.19. The second kappa shape index (κ2) is 8.63. The fourth-order valence-corrected chi connectivity index (χ4v) is 4.47. The Labute approximate surface area is 182 Å². The summed E-state index contributed by atoms with van der Waals surface area (Å²) in [4.78, 5) is 30.2. The maximum Gasteiger partial charge on any atom is 0.340 e. The number of hydrogen-bond donors (Lipinski definition) is 0. The molecule has 162 valence electrons. The number of ketones is 1. The average Bonchev–Trinajstić information content (AvgIpc) is 3.36. The number of aromatic nitrogens is 2. The third-order valence-corrected chi connectivity index (χ3v) is 6.16. The van der Waals surface area contributed by atoms with E-state index in [4.69, 9.17) is 9.47 Å². The number of pyridine rings is 1. The van der Waals surface area contributed by atoms with E-state index in [0.717, 1.165) is 53.8 Å². The Balaban J connectivity index is 1.49. The van der Waals surface area contributed by atoms with Crippen LogP contribution in [-0.4, -0.2) is 40.6 Å². The molecule has 31 heavy (non-hydrogen) atoms. The van der Waals surface area contributed by atoms with Gasteiger partial charge in [-0.2, -0.15) is 0 Å². The Hall–Kier alpha value is -2.99. The molecule has 2 aromatic heterocycles. The number of carbonyl (C=O) groups is 2. The predicted molar refractivity (Wildman–Crippen MR) is 119 cm³/mol. The number of Topliss-reactive ketones (excluding diaryl/α,β-unsaturated/α-hetero) is 1. The van der Waals surface area contributed by atoms with E-state index in [1.54, 1.807) is 6.92 Å². The van der Waals surface area contributed by atoms with Gasteiger partial charge in [-0.3, -0.25) is 9.78 Å². The van der Waals surface area contributed by atoms with Gasteiger partial charge in [-0.1, -0.05) is 18.2 Å². The minimum absolute atomic E-state index is 0.192. The third kappa shape index (κ3) is 4.12. The summed E-state index contributed by atoms with van der Waals surface area (Å²) >= 11 is 0. The number of esters is 1. The van der Waals surface area contributed by atoms with Gasteiger partial charge >= 0.3 is 5.97 Å². The summed E-state index contributed by atoms with van der Waals surface area (Å²) in [5.74, 6) is -0.723. The zero-order valence-electron chi connectivity index (χ0n) is 18.5. The Kier molecular flexibility index (Phi) is 5.92. The molecule has 1 atom stereocenters. The summed E-state index contributed by atoms with van der Waals surface area (Å²) in [5.41, 5.74) is 5.16. The van der Waals surface area contributed by atoms with Crippen LogP contribution in [0.1, 0.15) is 56.2 Å². The highest BCUT2D eigenvalue weighted by atomic mass is 16.5. The van der Waals surface area contributed by atoms with Crippen LogP contribution in [0.5, 0.6) is 0 Å². The molecular formula is C25H28N2O4. The fraction of sp³-hybridized carbons (Fsp3) is 0.400. The molecule has 4 rings (SSSR count). The van der Waals surface area contributed by atoms with E-state index in [1.165, 1.54) is 0 Å². The highest BCUT2D eigenvalue weighted by Crippen LogP contribution is 2.24. The van der Waals surface area contributed by atoms with E-state index < -0.39 is 5.97 Å². The summed E-state index contributed by atoms with van der Waals surface area (Å²) in [5, 5.41) is 0.907. The molecule has 0 bridgehead atoms. The molecule has 0 spiro atoms. The molecule has 1 fully saturated rings. The van der Waals surface area contributed by atoms with Crippen LogP contribution < -0.4 is 0 Å². The molecule has 0 radical (unpaired) electrons. The molecule has 0 N–H and O–H groups in total. The van der Waals surface area contributed by atoms with Crippen molar-refractivity contribution in [2.45, 2.75) is 53.2 Å². The lowest BCUT2D eigenvalue weighted by atomic mass is 10.0. The van der Waals surface area contributed by atoms with E-state index in [2.05, 4.69) is 9.55 Å². The SMILES string of the molecule is Cc1nc2ccccc2c(C)c1C(=O)OCC(=O)c1cc(C)n(C[C@H]2CCCO2)c1C. The summed E-state index contributed by atoms with van der Waals surface area (Å²) in [6, 6.07) is 9.55. The van der Waals surface area contributed by atoms with E-state index >= 15 is 0 Å². The summed E-state index contributed by atoms with van der Waals surface area (Å²) in [6.07, 6.45) is 2.31. The van der Waals surface area contributed by atoms with Gasteiger partial charge in [-0.15, -0.1) is 0 Å². The molecule has 0 aliphatic carbocycles. The normalized spacial score (nSPS) is 16.1. The first-order valence-corrected chi connectivity index (χ1v) is 10.7. The Morgan fingerprint density at radius 3 is 2.71 bits per heavy atom. The monoisotopic (exact) mass is 420 g/mol. The van der Waals surface area contributed by atoms with Crippen molar-refractivity contribution in [1.29, 1.82) is 0 Å². The third-order valence-electron chi connectivity index (χ3n) is 6.16.